The summed E-state index contributed by atoms with van der Waals surface area (Å²) in [7, 11) is 0. The smallest absolute Gasteiger partial charge is 0.347 e. The third-order valence-corrected chi connectivity index (χ3v) is 3.23. The summed E-state index contributed by atoms with van der Waals surface area (Å²) in [6.07, 6.45) is 3.48. The first-order valence-corrected chi connectivity index (χ1v) is 5.89. The lowest BCUT2D eigenvalue weighted by molar-refractivity contribution is 0.623. The molecule has 1 fully saturated rings. The fraction of sp³-hybridized carbons (Fsp3) is 0.636. The molecule has 0 atom stereocenters. The molecule has 5 heteroatoms. The van der Waals surface area contributed by atoms with Crippen molar-refractivity contribution in [1.29, 1.82) is 0 Å². The minimum absolute atomic E-state index is 0.237. The van der Waals surface area contributed by atoms with E-state index in [1.165, 1.54) is 12.8 Å². The lowest BCUT2D eigenvalue weighted by atomic mass is 10.1. The normalized spacial score (nSPS) is 19.2. The van der Waals surface area contributed by atoms with Gasteiger partial charge < -0.3 is 15.6 Å². The van der Waals surface area contributed by atoms with E-state index in [1.54, 1.807) is 0 Å². The van der Waals surface area contributed by atoms with Crippen LogP contribution >= 0.6 is 0 Å². The van der Waals surface area contributed by atoms with Crippen molar-refractivity contribution in [3.05, 3.63) is 21.7 Å². The average Bonchev–Trinajstić information content (AvgIpc) is 3.09. The van der Waals surface area contributed by atoms with Gasteiger partial charge in [-0.05, 0) is 18.8 Å². The van der Waals surface area contributed by atoms with E-state index >= 15 is 0 Å². The molecule has 1 aliphatic carbocycles. The number of nitrogens with one attached hydrogen (secondary N) is 3. The molecule has 0 bridgehead atoms. The Morgan fingerprint density at radius 1 is 1.44 bits per heavy atom. The second kappa shape index (κ2) is 3.90. The minimum Gasteiger partial charge on any atom is -0.369 e. The van der Waals surface area contributed by atoms with Crippen molar-refractivity contribution >= 4 is 5.82 Å². The molecule has 0 unspecified atom stereocenters. The first-order valence-electron chi connectivity index (χ1n) is 5.89. The Hall–Kier alpha value is -1.36. The molecule has 0 aromatic carbocycles. The Balaban J connectivity index is 1.88. The molecule has 1 aromatic heterocycles. The third kappa shape index (κ3) is 1.95. The second-order valence-corrected chi connectivity index (χ2v) is 4.60. The van der Waals surface area contributed by atoms with Crippen LogP contribution in [0.15, 0.2) is 4.79 Å². The molecular formula is C11H16N4O. The second-order valence-electron chi connectivity index (χ2n) is 4.60. The Labute approximate surface area is 93.7 Å². The van der Waals surface area contributed by atoms with Crippen LogP contribution in [0.5, 0.6) is 0 Å². The highest BCUT2D eigenvalue weighted by atomic mass is 16.1. The van der Waals surface area contributed by atoms with Gasteiger partial charge in [-0.1, -0.05) is 0 Å². The van der Waals surface area contributed by atoms with Crippen LogP contribution in [0.1, 0.15) is 24.1 Å². The topological polar surface area (TPSA) is 69.8 Å². The van der Waals surface area contributed by atoms with E-state index in [1.807, 2.05) is 0 Å². The van der Waals surface area contributed by atoms with Gasteiger partial charge in [0.05, 0.1) is 0 Å². The molecule has 1 aliphatic heterocycles. The van der Waals surface area contributed by atoms with Gasteiger partial charge in [-0.3, -0.25) is 0 Å². The monoisotopic (exact) mass is 220 g/mol. The maximum atomic E-state index is 11.4. The van der Waals surface area contributed by atoms with Crippen molar-refractivity contribution in [2.24, 2.45) is 5.92 Å². The van der Waals surface area contributed by atoms with Gasteiger partial charge in [-0.2, -0.15) is 4.98 Å². The standard InChI is InChI=1S/C11H16N4O/c16-11-14-9-3-4-12-6-8(9)10(15-11)13-5-7-1-2-7/h7,12H,1-6H2,(H2,13,14,15,16). The van der Waals surface area contributed by atoms with Crippen molar-refractivity contribution in [3.8, 4) is 0 Å². The van der Waals surface area contributed by atoms with Crippen molar-refractivity contribution in [2.75, 3.05) is 18.4 Å². The molecule has 2 heterocycles. The van der Waals surface area contributed by atoms with E-state index in [0.717, 1.165) is 49.0 Å². The van der Waals surface area contributed by atoms with Gasteiger partial charge in [0.2, 0.25) is 0 Å². The maximum Gasteiger partial charge on any atom is 0.347 e. The van der Waals surface area contributed by atoms with Crippen LogP contribution in [0.2, 0.25) is 0 Å². The van der Waals surface area contributed by atoms with Gasteiger partial charge in [-0.15, -0.1) is 0 Å². The average molecular weight is 220 g/mol. The lowest BCUT2D eigenvalue weighted by Gasteiger charge is -2.19. The number of hydrogen-bond donors (Lipinski definition) is 3. The molecule has 0 saturated heterocycles. The Kier molecular flexibility index (Phi) is 2.40. The molecule has 3 rings (SSSR count). The van der Waals surface area contributed by atoms with Crippen molar-refractivity contribution in [1.82, 2.24) is 15.3 Å². The number of rotatable bonds is 3. The number of anilines is 1. The summed E-state index contributed by atoms with van der Waals surface area (Å²) >= 11 is 0. The zero-order valence-electron chi connectivity index (χ0n) is 9.18. The highest BCUT2D eigenvalue weighted by Crippen LogP contribution is 2.29. The molecule has 5 nitrogen and oxygen atoms in total. The van der Waals surface area contributed by atoms with Gasteiger partial charge in [-0.25, -0.2) is 4.79 Å². The Morgan fingerprint density at radius 3 is 3.12 bits per heavy atom. The van der Waals surface area contributed by atoms with Crippen LogP contribution in [-0.2, 0) is 13.0 Å². The van der Waals surface area contributed by atoms with Gasteiger partial charge in [0, 0.05) is 37.3 Å². The first-order chi connectivity index (χ1) is 7.83. The molecule has 1 aromatic rings. The number of H-pyrrole nitrogens is 1. The minimum atomic E-state index is -0.237. The molecule has 2 aliphatic rings. The predicted molar refractivity (Wildman–Crippen MR) is 61.5 cm³/mol. The van der Waals surface area contributed by atoms with E-state index in [9.17, 15) is 4.79 Å². The zero-order valence-corrected chi connectivity index (χ0v) is 9.18. The van der Waals surface area contributed by atoms with E-state index in [0.29, 0.717) is 0 Å². The molecule has 3 N–H and O–H groups in total. The van der Waals surface area contributed by atoms with E-state index in [2.05, 4.69) is 20.6 Å². The summed E-state index contributed by atoms with van der Waals surface area (Å²) in [6, 6.07) is 0. The summed E-state index contributed by atoms with van der Waals surface area (Å²) in [5.74, 6) is 1.56. The molecule has 86 valence electrons. The lowest BCUT2D eigenvalue weighted by Crippen LogP contribution is -2.30. The van der Waals surface area contributed by atoms with Crippen LogP contribution in [-0.4, -0.2) is 23.1 Å². The van der Waals surface area contributed by atoms with Gasteiger partial charge in [0.25, 0.3) is 0 Å². The molecule has 0 amide bonds. The van der Waals surface area contributed by atoms with Gasteiger partial charge in [0.1, 0.15) is 5.82 Å². The van der Waals surface area contributed by atoms with Crippen LogP contribution in [0.3, 0.4) is 0 Å². The molecular weight excluding hydrogens is 204 g/mol. The summed E-state index contributed by atoms with van der Waals surface area (Å²) in [6.45, 7) is 2.67. The largest absolute Gasteiger partial charge is 0.369 e. The fourth-order valence-corrected chi connectivity index (χ4v) is 2.08. The van der Waals surface area contributed by atoms with E-state index < -0.39 is 0 Å². The summed E-state index contributed by atoms with van der Waals surface area (Å²) in [4.78, 5) is 18.2. The number of aromatic nitrogens is 2. The van der Waals surface area contributed by atoms with Crippen molar-refractivity contribution in [2.45, 2.75) is 25.8 Å². The Morgan fingerprint density at radius 2 is 2.31 bits per heavy atom. The summed E-state index contributed by atoms with van der Waals surface area (Å²) in [5, 5.41) is 6.61. The third-order valence-electron chi connectivity index (χ3n) is 3.23. The number of nitrogens with zero attached hydrogens (tertiary/aromatic N) is 1. The highest BCUT2D eigenvalue weighted by Gasteiger charge is 2.22. The fourth-order valence-electron chi connectivity index (χ4n) is 2.08. The van der Waals surface area contributed by atoms with E-state index in [-0.39, 0.29) is 5.69 Å². The summed E-state index contributed by atoms with van der Waals surface area (Å²) < 4.78 is 0. The van der Waals surface area contributed by atoms with Crippen molar-refractivity contribution in [3.63, 3.8) is 0 Å². The maximum absolute atomic E-state index is 11.4. The SMILES string of the molecule is O=c1nc(NCC2CC2)c2c([nH]1)CCNC2. The van der Waals surface area contributed by atoms with E-state index in [4.69, 9.17) is 0 Å². The van der Waals surface area contributed by atoms with Gasteiger partial charge >= 0.3 is 5.69 Å². The zero-order chi connectivity index (χ0) is 11.0. The molecule has 0 radical (unpaired) electrons. The number of hydrogen-bond acceptors (Lipinski definition) is 4. The molecule has 16 heavy (non-hydrogen) atoms. The highest BCUT2D eigenvalue weighted by molar-refractivity contribution is 5.46. The molecule has 0 spiro atoms. The van der Waals surface area contributed by atoms with Gasteiger partial charge in [0.15, 0.2) is 0 Å². The first kappa shape index (κ1) is 9.84. The quantitative estimate of drug-likeness (QED) is 0.682. The number of fused-ring (bicyclic) bond motifs is 1. The van der Waals surface area contributed by atoms with Crippen LogP contribution in [0.25, 0.3) is 0 Å². The Bertz CT molecular complexity index is 450. The predicted octanol–water partition coefficient (Wildman–Crippen LogP) is 0.237. The van der Waals surface area contributed by atoms with Crippen LogP contribution in [0.4, 0.5) is 5.82 Å². The number of aromatic amines is 1. The summed E-state index contributed by atoms with van der Waals surface area (Å²) in [5.41, 5.74) is 1.93. The van der Waals surface area contributed by atoms with Crippen molar-refractivity contribution < 1.29 is 0 Å². The van der Waals surface area contributed by atoms with Crippen LogP contribution < -0.4 is 16.3 Å². The molecule has 1 saturated carbocycles. The van der Waals surface area contributed by atoms with Crippen LogP contribution in [0, 0.1) is 5.92 Å².